The Morgan fingerprint density at radius 1 is 1.30 bits per heavy atom. The molecule has 1 saturated heterocycles. The average Bonchev–Trinajstić information content (AvgIpc) is 2.66. The maximum Gasteiger partial charge on any atom is 0.416 e. The second kappa shape index (κ2) is 7.94. The van der Waals surface area contributed by atoms with Gasteiger partial charge in [0.2, 0.25) is 0 Å². The molecule has 1 amide bonds. The Labute approximate surface area is 154 Å². The third-order valence-electron chi connectivity index (χ3n) is 4.90. The molecule has 0 bridgehead atoms. The van der Waals surface area contributed by atoms with Crippen LogP contribution >= 0.6 is 0 Å². The van der Waals surface area contributed by atoms with Crippen LogP contribution in [0, 0.1) is 5.92 Å². The summed E-state index contributed by atoms with van der Waals surface area (Å²) < 4.78 is 39.3. The lowest BCUT2D eigenvalue weighted by Gasteiger charge is -2.32. The van der Waals surface area contributed by atoms with Crippen LogP contribution in [-0.2, 0) is 12.6 Å². The van der Waals surface area contributed by atoms with E-state index in [4.69, 9.17) is 0 Å². The number of H-pyrrole nitrogens is 1. The highest BCUT2D eigenvalue weighted by molar-refractivity contribution is 5.93. The van der Waals surface area contributed by atoms with Crippen LogP contribution in [0.4, 0.5) is 13.2 Å². The maximum absolute atomic E-state index is 13.1. The van der Waals surface area contributed by atoms with E-state index in [1.165, 1.54) is 24.7 Å². The number of piperidine rings is 1. The van der Waals surface area contributed by atoms with Crippen molar-refractivity contribution in [2.24, 2.45) is 5.92 Å². The lowest BCUT2D eigenvalue weighted by Crippen LogP contribution is -2.42. The summed E-state index contributed by atoms with van der Waals surface area (Å²) in [6, 6.07) is 5.60. The van der Waals surface area contributed by atoms with Gasteiger partial charge >= 0.3 is 6.18 Å². The van der Waals surface area contributed by atoms with Crippen molar-refractivity contribution in [2.75, 3.05) is 13.1 Å². The van der Waals surface area contributed by atoms with Crippen LogP contribution in [0.15, 0.2) is 41.6 Å². The smallest absolute Gasteiger partial charge is 0.338 e. The molecule has 1 fully saturated rings. The number of aromatic nitrogens is 2. The Morgan fingerprint density at radius 3 is 2.81 bits per heavy atom. The van der Waals surface area contributed by atoms with E-state index in [0.717, 1.165) is 18.9 Å². The summed E-state index contributed by atoms with van der Waals surface area (Å²) in [4.78, 5) is 32.1. The third-order valence-corrected chi connectivity index (χ3v) is 4.90. The summed E-state index contributed by atoms with van der Waals surface area (Å²) >= 11 is 0. The fourth-order valence-electron chi connectivity index (χ4n) is 3.53. The first kappa shape index (κ1) is 19.1. The van der Waals surface area contributed by atoms with Crippen LogP contribution in [-0.4, -0.2) is 33.9 Å². The van der Waals surface area contributed by atoms with Crippen molar-refractivity contribution in [1.82, 2.24) is 14.9 Å². The van der Waals surface area contributed by atoms with Crippen LogP contribution < -0.4 is 5.56 Å². The minimum atomic E-state index is -4.37. The molecule has 3 rings (SSSR count). The molecule has 27 heavy (non-hydrogen) atoms. The fraction of sp³-hybridized carbons (Fsp3) is 0.421. The fourth-order valence-corrected chi connectivity index (χ4v) is 3.53. The molecule has 1 unspecified atom stereocenters. The van der Waals surface area contributed by atoms with Gasteiger partial charge in [-0.3, -0.25) is 9.59 Å². The Bertz CT molecular complexity index is 864. The number of rotatable bonds is 4. The normalized spacial score (nSPS) is 17.7. The summed E-state index contributed by atoms with van der Waals surface area (Å²) in [6.07, 6.45) is 0.556. The highest BCUT2D eigenvalue weighted by Gasteiger charge is 2.33. The van der Waals surface area contributed by atoms with Crippen molar-refractivity contribution in [3.8, 4) is 0 Å². The second-order valence-corrected chi connectivity index (χ2v) is 6.75. The second-order valence-electron chi connectivity index (χ2n) is 6.75. The average molecular weight is 379 g/mol. The number of alkyl halides is 3. The first-order valence-electron chi connectivity index (χ1n) is 8.83. The first-order valence-corrected chi connectivity index (χ1v) is 8.83. The van der Waals surface area contributed by atoms with E-state index in [0.29, 0.717) is 25.9 Å². The number of hydrogen-bond donors (Lipinski definition) is 1. The number of carbonyl (C=O) groups excluding carboxylic acids is 1. The molecule has 2 aromatic rings. The van der Waals surface area contributed by atoms with Gasteiger partial charge in [0.25, 0.3) is 11.5 Å². The van der Waals surface area contributed by atoms with Gasteiger partial charge in [-0.15, -0.1) is 0 Å². The predicted molar refractivity (Wildman–Crippen MR) is 93.3 cm³/mol. The molecule has 1 aliphatic rings. The summed E-state index contributed by atoms with van der Waals surface area (Å²) in [5, 5.41) is 0. The van der Waals surface area contributed by atoms with Crippen LogP contribution in [0.2, 0.25) is 0 Å². The molecule has 0 spiro atoms. The van der Waals surface area contributed by atoms with E-state index in [1.807, 2.05) is 0 Å². The van der Waals surface area contributed by atoms with Crippen molar-refractivity contribution >= 4 is 5.91 Å². The van der Waals surface area contributed by atoms with Crippen molar-refractivity contribution in [3.05, 3.63) is 63.8 Å². The molecule has 1 N–H and O–H groups in total. The molecule has 2 heterocycles. The van der Waals surface area contributed by atoms with Gasteiger partial charge in [-0.2, -0.15) is 13.2 Å². The number of likely N-dealkylation sites (tertiary alicyclic amines) is 1. The molecule has 1 aliphatic heterocycles. The Kier molecular flexibility index (Phi) is 5.62. The molecule has 1 aromatic heterocycles. The van der Waals surface area contributed by atoms with E-state index in [9.17, 15) is 22.8 Å². The minimum absolute atomic E-state index is 0.0134. The van der Waals surface area contributed by atoms with Crippen LogP contribution in [0.1, 0.15) is 40.7 Å². The highest BCUT2D eigenvalue weighted by Crippen LogP contribution is 2.33. The molecule has 1 aromatic carbocycles. The number of benzene rings is 1. The van der Waals surface area contributed by atoms with E-state index >= 15 is 0 Å². The molecule has 144 valence electrons. The van der Waals surface area contributed by atoms with Gasteiger partial charge in [0.05, 0.1) is 11.9 Å². The summed E-state index contributed by atoms with van der Waals surface area (Å²) in [5.41, 5.74) is -0.829. The Hall–Kier alpha value is -2.64. The number of halogens is 3. The van der Waals surface area contributed by atoms with Crippen LogP contribution in [0.5, 0.6) is 0 Å². The number of carbonyl (C=O) groups is 1. The molecule has 8 heteroatoms. The Balaban J connectivity index is 1.65. The third kappa shape index (κ3) is 4.56. The SMILES string of the molecule is O=C(c1cnc[nH]c1=O)N1CCCC(CCc2ccccc2C(F)(F)F)C1. The van der Waals surface area contributed by atoms with Gasteiger partial charge < -0.3 is 9.88 Å². The number of nitrogens with one attached hydrogen (secondary N) is 1. The van der Waals surface area contributed by atoms with Crippen molar-refractivity contribution < 1.29 is 18.0 Å². The van der Waals surface area contributed by atoms with Gasteiger partial charge in [0.15, 0.2) is 0 Å². The number of amides is 1. The van der Waals surface area contributed by atoms with E-state index < -0.39 is 17.3 Å². The quantitative estimate of drug-likeness (QED) is 0.887. The maximum atomic E-state index is 13.1. The molecule has 0 radical (unpaired) electrons. The standard InChI is InChI=1S/C19H20F3N3O2/c20-19(21,22)16-6-2-1-5-14(16)8-7-13-4-3-9-25(11-13)18(27)15-10-23-12-24-17(15)26/h1-2,5-6,10,12-13H,3-4,7-9,11H2,(H,23,24,26). The molecular weight excluding hydrogens is 359 g/mol. The van der Waals surface area contributed by atoms with E-state index in [-0.39, 0.29) is 23.0 Å². The predicted octanol–water partition coefficient (Wildman–Crippen LogP) is 3.27. The number of aromatic amines is 1. The lowest BCUT2D eigenvalue weighted by molar-refractivity contribution is -0.138. The zero-order chi connectivity index (χ0) is 19.4. The van der Waals surface area contributed by atoms with Gasteiger partial charge in [0, 0.05) is 19.3 Å². The van der Waals surface area contributed by atoms with E-state index in [1.54, 1.807) is 11.0 Å². The van der Waals surface area contributed by atoms with Crippen molar-refractivity contribution in [2.45, 2.75) is 31.9 Å². The molecule has 1 atom stereocenters. The monoisotopic (exact) mass is 379 g/mol. The van der Waals surface area contributed by atoms with Crippen molar-refractivity contribution in [3.63, 3.8) is 0 Å². The zero-order valence-corrected chi connectivity index (χ0v) is 14.6. The molecule has 0 aliphatic carbocycles. The zero-order valence-electron chi connectivity index (χ0n) is 14.6. The number of aryl methyl sites for hydroxylation is 1. The van der Waals surface area contributed by atoms with Crippen LogP contribution in [0.3, 0.4) is 0 Å². The van der Waals surface area contributed by atoms with Crippen molar-refractivity contribution in [1.29, 1.82) is 0 Å². The largest absolute Gasteiger partial charge is 0.416 e. The molecule has 5 nitrogen and oxygen atoms in total. The van der Waals surface area contributed by atoms with Crippen LogP contribution in [0.25, 0.3) is 0 Å². The van der Waals surface area contributed by atoms with Gasteiger partial charge in [-0.05, 0) is 43.2 Å². The van der Waals surface area contributed by atoms with Gasteiger partial charge in [0.1, 0.15) is 5.56 Å². The molecule has 0 saturated carbocycles. The first-order chi connectivity index (χ1) is 12.9. The minimum Gasteiger partial charge on any atom is -0.338 e. The Morgan fingerprint density at radius 2 is 2.07 bits per heavy atom. The number of hydrogen-bond acceptors (Lipinski definition) is 3. The van der Waals surface area contributed by atoms with Gasteiger partial charge in [-0.25, -0.2) is 4.98 Å². The molecular formula is C19H20F3N3O2. The van der Waals surface area contributed by atoms with E-state index in [2.05, 4.69) is 9.97 Å². The summed E-state index contributed by atoms with van der Waals surface area (Å²) in [7, 11) is 0. The topological polar surface area (TPSA) is 66.1 Å². The summed E-state index contributed by atoms with van der Waals surface area (Å²) in [5.74, 6) is -0.288. The lowest BCUT2D eigenvalue weighted by atomic mass is 9.90. The van der Waals surface area contributed by atoms with Gasteiger partial charge in [-0.1, -0.05) is 18.2 Å². The highest BCUT2D eigenvalue weighted by atomic mass is 19.4. The number of nitrogens with zero attached hydrogens (tertiary/aromatic N) is 2. The summed E-state index contributed by atoms with van der Waals surface area (Å²) in [6.45, 7) is 0.962.